The minimum absolute atomic E-state index is 0.253. The van der Waals surface area contributed by atoms with Crippen LogP contribution < -0.4 is 10.9 Å². The molecule has 2 N–H and O–H groups in total. The highest BCUT2D eigenvalue weighted by Gasteiger charge is 2.10. The number of benzene rings is 1. The van der Waals surface area contributed by atoms with Crippen molar-refractivity contribution in [2.24, 2.45) is 0 Å². The lowest BCUT2D eigenvalue weighted by molar-refractivity contribution is 0.895. The number of rotatable bonds is 3. The zero-order valence-electron chi connectivity index (χ0n) is 10.5. The van der Waals surface area contributed by atoms with E-state index in [-0.39, 0.29) is 12.1 Å². The number of nitrogens with one attached hydrogen (secondary N) is 2. The molecule has 0 atom stereocenters. The summed E-state index contributed by atoms with van der Waals surface area (Å²) in [5.74, 6) is 2.76. The molecule has 20 heavy (non-hydrogen) atoms. The van der Waals surface area contributed by atoms with E-state index in [0.717, 1.165) is 5.69 Å². The molecule has 0 aliphatic heterocycles. The second-order valence-corrected chi connectivity index (χ2v) is 4.10. The normalized spacial score (nSPS) is 10.3. The molecule has 0 spiro atoms. The Morgan fingerprint density at radius 2 is 2.15 bits per heavy atom. The van der Waals surface area contributed by atoms with Crippen LogP contribution in [0.4, 0.5) is 5.95 Å². The maximum atomic E-state index is 12.0. The number of fused-ring (bicyclic) bond motifs is 1. The summed E-state index contributed by atoms with van der Waals surface area (Å²) in [5.41, 5.74) is 1.07. The van der Waals surface area contributed by atoms with E-state index >= 15 is 0 Å². The van der Waals surface area contributed by atoms with Crippen molar-refractivity contribution < 1.29 is 0 Å². The predicted octanol–water partition coefficient (Wildman–Crippen LogP) is 1.15. The highest BCUT2D eigenvalue weighted by molar-refractivity contribution is 5.76. The quantitative estimate of drug-likeness (QED) is 0.697. The van der Waals surface area contributed by atoms with Crippen LogP contribution >= 0.6 is 0 Å². The molecule has 0 bridgehead atoms. The lowest BCUT2D eigenvalue weighted by atomic mass is 10.3. The largest absolute Gasteiger partial charge is 0.345 e. The Kier molecular flexibility index (Phi) is 2.94. The SMILES string of the molecule is C#CCNc1nc2c(cnn2-c2ccccc2)c(=O)[nH]1. The topological polar surface area (TPSA) is 75.6 Å². The van der Waals surface area contributed by atoms with Gasteiger partial charge in [0.2, 0.25) is 5.95 Å². The fraction of sp³-hybridized carbons (Fsp3) is 0.0714. The highest BCUT2D eigenvalue weighted by Crippen LogP contribution is 2.14. The van der Waals surface area contributed by atoms with Crippen molar-refractivity contribution in [3.05, 3.63) is 46.9 Å². The number of nitrogens with zero attached hydrogens (tertiary/aromatic N) is 3. The maximum Gasteiger partial charge on any atom is 0.263 e. The van der Waals surface area contributed by atoms with Crippen molar-refractivity contribution in [2.75, 3.05) is 11.9 Å². The number of terminal acetylenes is 1. The number of para-hydroxylation sites is 1. The Morgan fingerprint density at radius 1 is 1.35 bits per heavy atom. The van der Waals surface area contributed by atoms with Gasteiger partial charge >= 0.3 is 0 Å². The second-order valence-electron chi connectivity index (χ2n) is 4.10. The summed E-state index contributed by atoms with van der Waals surface area (Å²) in [7, 11) is 0. The number of hydrogen-bond acceptors (Lipinski definition) is 4. The molecule has 0 aliphatic rings. The number of aromatic nitrogens is 4. The molecular weight excluding hydrogens is 254 g/mol. The number of H-pyrrole nitrogens is 1. The molecule has 0 radical (unpaired) electrons. The van der Waals surface area contributed by atoms with Gasteiger partial charge in [-0.05, 0) is 12.1 Å². The van der Waals surface area contributed by atoms with Gasteiger partial charge < -0.3 is 5.32 Å². The molecule has 2 aromatic heterocycles. The minimum Gasteiger partial charge on any atom is -0.345 e. The van der Waals surface area contributed by atoms with Gasteiger partial charge in [-0.1, -0.05) is 24.1 Å². The molecule has 2 heterocycles. The van der Waals surface area contributed by atoms with Crippen molar-refractivity contribution in [2.45, 2.75) is 0 Å². The van der Waals surface area contributed by atoms with Crippen molar-refractivity contribution >= 4 is 17.0 Å². The van der Waals surface area contributed by atoms with Crippen molar-refractivity contribution in [1.82, 2.24) is 19.7 Å². The average Bonchev–Trinajstić information content (AvgIpc) is 2.90. The molecule has 6 nitrogen and oxygen atoms in total. The molecule has 0 fully saturated rings. The van der Waals surface area contributed by atoms with Crippen molar-refractivity contribution in [1.29, 1.82) is 0 Å². The third-order valence-corrected chi connectivity index (χ3v) is 2.80. The lowest BCUT2D eigenvalue weighted by Gasteiger charge is -2.04. The van der Waals surface area contributed by atoms with Crippen LogP contribution in [-0.2, 0) is 0 Å². The van der Waals surface area contributed by atoms with Crippen LogP contribution in [0.1, 0.15) is 0 Å². The zero-order chi connectivity index (χ0) is 13.9. The summed E-state index contributed by atoms with van der Waals surface area (Å²) in [6, 6.07) is 9.49. The summed E-state index contributed by atoms with van der Waals surface area (Å²) in [4.78, 5) is 18.9. The highest BCUT2D eigenvalue weighted by atomic mass is 16.1. The molecule has 0 saturated carbocycles. The van der Waals surface area contributed by atoms with Gasteiger partial charge in [0, 0.05) is 0 Å². The van der Waals surface area contributed by atoms with E-state index in [1.165, 1.54) is 6.20 Å². The molecule has 0 saturated heterocycles. The van der Waals surface area contributed by atoms with E-state index in [1.54, 1.807) is 4.68 Å². The summed E-state index contributed by atoms with van der Waals surface area (Å²) < 4.78 is 1.62. The molecule has 3 rings (SSSR count). The average molecular weight is 265 g/mol. The molecule has 0 aliphatic carbocycles. The summed E-state index contributed by atoms with van der Waals surface area (Å²) in [6.07, 6.45) is 6.68. The van der Waals surface area contributed by atoms with E-state index in [1.807, 2.05) is 30.3 Å². The summed E-state index contributed by atoms with van der Waals surface area (Å²) in [5, 5.41) is 7.50. The van der Waals surface area contributed by atoms with Crippen LogP contribution in [0.5, 0.6) is 0 Å². The molecule has 0 amide bonds. The van der Waals surface area contributed by atoms with Gasteiger partial charge in [-0.15, -0.1) is 6.42 Å². The molecule has 6 heteroatoms. The van der Waals surface area contributed by atoms with Gasteiger partial charge in [0.1, 0.15) is 5.39 Å². The van der Waals surface area contributed by atoms with Crippen LogP contribution in [0, 0.1) is 12.3 Å². The first-order chi connectivity index (χ1) is 9.79. The summed E-state index contributed by atoms with van der Waals surface area (Å²) in [6.45, 7) is 0.286. The molecule has 0 unspecified atom stereocenters. The van der Waals surface area contributed by atoms with Gasteiger partial charge in [-0.25, -0.2) is 4.68 Å². The van der Waals surface area contributed by atoms with Crippen LogP contribution in [-0.4, -0.2) is 26.3 Å². The Labute approximate surface area is 114 Å². The van der Waals surface area contributed by atoms with E-state index < -0.39 is 0 Å². The van der Waals surface area contributed by atoms with E-state index in [0.29, 0.717) is 17.0 Å². The van der Waals surface area contributed by atoms with Gasteiger partial charge in [0.05, 0.1) is 18.4 Å². The van der Waals surface area contributed by atoms with Crippen LogP contribution in [0.25, 0.3) is 16.7 Å². The first-order valence-corrected chi connectivity index (χ1v) is 6.00. The van der Waals surface area contributed by atoms with Gasteiger partial charge in [-0.3, -0.25) is 9.78 Å². The minimum atomic E-state index is -0.253. The zero-order valence-corrected chi connectivity index (χ0v) is 10.5. The fourth-order valence-corrected chi connectivity index (χ4v) is 1.90. The Balaban J connectivity index is 2.18. The van der Waals surface area contributed by atoms with Crippen LogP contribution in [0.2, 0.25) is 0 Å². The third-order valence-electron chi connectivity index (χ3n) is 2.80. The smallest absolute Gasteiger partial charge is 0.263 e. The molecule has 98 valence electrons. The van der Waals surface area contributed by atoms with Gasteiger partial charge in [-0.2, -0.15) is 10.1 Å². The van der Waals surface area contributed by atoms with Crippen LogP contribution in [0.15, 0.2) is 41.3 Å². The second kappa shape index (κ2) is 4.90. The van der Waals surface area contributed by atoms with Gasteiger partial charge in [0.15, 0.2) is 5.65 Å². The number of aromatic amines is 1. The first-order valence-electron chi connectivity index (χ1n) is 6.00. The van der Waals surface area contributed by atoms with Crippen molar-refractivity contribution in [3.8, 4) is 18.0 Å². The van der Waals surface area contributed by atoms with E-state index in [2.05, 4.69) is 26.3 Å². The molecular formula is C14H11N5O. The summed E-state index contributed by atoms with van der Waals surface area (Å²) >= 11 is 0. The van der Waals surface area contributed by atoms with Gasteiger partial charge in [0.25, 0.3) is 5.56 Å². The van der Waals surface area contributed by atoms with E-state index in [9.17, 15) is 4.79 Å². The lowest BCUT2D eigenvalue weighted by Crippen LogP contribution is -2.13. The van der Waals surface area contributed by atoms with E-state index in [4.69, 9.17) is 6.42 Å². The number of hydrogen-bond donors (Lipinski definition) is 2. The fourth-order valence-electron chi connectivity index (χ4n) is 1.90. The molecule has 3 aromatic rings. The van der Waals surface area contributed by atoms with Crippen molar-refractivity contribution in [3.63, 3.8) is 0 Å². The monoisotopic (exact) mass is 265 g/mol. The van der Waals surface area contributed by atoms with Crippen LogP contribution in [0.3, 0.4) is 0 Å². The molecule has 1 aromatic carbocycles. The Bertz CT molecular complexity index is 841. The maximum absolute atomic E-state index is 12.0. The predicted molar refractivity (Wildman–Crippen MR) is 76.8 cm³/mol. The standard InChI is InChI=1S/C14H11N5O/c1-2-8-15-14-17-12-11(13(20)18-14)9-16-19(12)10-6-4-3-5-7-10/h1,3-7,9H,8H2,(H2,15,17,18,20). The number of anilines is 1. The first kappa shape index (κ1) is 12.0. The Hall–Kier alpha value is -3.07. The Morgan fingerprint density at radius 3 is 2.90 bits per heavy atom. The third kappa shape index (κ3) is 2.01.